The summed E-state index contributed by atoms with van der Waals surface area (Å²) in [5, 5.41) is 5.11. The Labute approximate surface area is 175 Å². The second-order valence-electron chi connectivity index (χ2n) is 8.07. The molecule has 4 rings (SSSR count). The normalized spacial score (nSPS) is 36.3. The van der Waals surface area contributed by atoms with Crippen molar-refractivity contribution in [2.24, 2.45) is 23.7 Å². The average molecular weight is 434 g/mol. The van der Waals surface area contributed by atoms with E-state index in [4.69, 9.17) is 25.4 Å². The van der Waals surface area contributed by atoms with Crippen molar-refractivity contribution in [2.75, 3.05) is 6.54 Å². The van der Waals surface area contributed by atoms with E-state index in [-0.39, 0.29) is 20.8 Å². The van der Waals surface area contributed by atoms with Gasteiger partial charge in [0, 0.05) is 0 Å². The molecule has 0 N–H and O–H groups in total. The van der Waals surface area contributed by atoms with E-state index in [0.29, 0.717) is 6.04 Å². The van der Waals surface area contributed by atoms with Crippen LogP contribution in [0.1, 0.15) is 63.4 Å². The van der Waals surface area contributed by atoms with Gasteiger partial charge < -0.3 is 12.7 Å². The number of piperidine rings is 1. The molecule has 0 amide bonds. The van der Waals surface area contributed by atoms with Gasteiger partial charge in [-0.05, 0) is 36.2 Å². The minimum atomic E-state index is -0.181. The first-order valence-corrected chi connectivity index (χ1v) is 13.4. The molecule has 2 aliphatic carbocycles. The van der Waals surface area contributed by atoms with Crippen LogP contribution in [0.4, 0.5) is 0 Å². The van der Waals surface area contributed by atoms with Gasteiger partial charge in [0.25, 0.3) is 0 Å². The molecule has 2 saturated carbocycles. The maximum absolute atomic E-state index is 5.11. The summed E-state index contributed by atoms with van der Waals surface area (Å²) in [6, 6.07) is 12.0. The molecule has 6 atom stereocenters. The SMILES string of the molecule is CC1C(c2ccccc2)CCC1C1CCCC2CCC[N-]C21.[CH3-].[Cl][Cr][Cl]. The van der Waals surface area contributed by atoms with Crippen LogP contribution in [-0.4, -0.2) is 12.6 Å². The Morgan fingerprint density at radius 2 is 1.62 bits per heavy atom. The molecule has 1 aromatic carbocycles. The Kier molecular flexibility index (Phi) is 9.84. The molecule has 0 bridgehead atoms. The first-order chi connectivity index (χ1) is 12.3. The monoisotopic (exact) mass is 433 g/mol. The molecule has 3 fully saturated rings. The van der Waals surface area contributed by atoms with Crippen LogP contribution in [-0.2, 0) is 13.4 Å². The van der Waals surface area contributed by atoms with E-state index in [0.717, 1.165) is 36.1 Å². The van der Waals surface area contributed by atoms with E-state index >= 15 is 0 Å². The molecular weight excluding hydrogens is 401 g/mol. The molecule has 1 nitrogen and oxygen atoms in total. The predicted octanol–water partition coefficient (Wildman–Crippen LogP) is 7.60. The van der Waals surface area contributed by atoms with Crippen molar-refractivity contribution in [3.8, 4) is 0 Å². The van der Waals surface area contributed by atoms with Crippen LogP contribution in [0.5, 0.6) is 0 Å². The third-order valence-electron chi connectivity index (χ3n) is 7.01. The minimum absolute atomic E-state index is 0. The van der Waals surface area contributed by atoms with Crippen molar-refractivity contribution in [2.45, 2.75) is 63.8 Å². The molecule has 1 aliphatic heterocycles. The Bertz CT molecular complexity index is 510. The second kappa shape index (κ2) is 11.3. The van der Waals surface area contributed by atoms with Crippen LogP contribution in [0.2, 0.25) is 0 Å². The Hall–Kier alpha value is 0.292. The maximum atomic E-state index is 5.11. The summed E-state index contributed by atoms with van der Waals surface area (Å²) in [6.07, 6.45) is 9.98. The van der Waals surface area contributed by atoms with Crippen LogP contribution < -0.4 is 0 Å². The third kappa shape index (κ3) is 5.21. The number of hydrogen-bond donors (Lipinski definition) is 0. The molecule has 6 unspecified atom stereocenters. The van der Waals surface area contributed by atoms with Gasteiger partial charge in [-0.3, -0.25) is 0 Å². The quantitative estimate of drug-likeness (QED) is 0.426. The Morgan fingerprint density at radius 3 is 2.35 bits per heavy atom. The van der Waals surface area contributed by atoms with Crippen LogP contribution in [0.15, 0.2) is 30.3 Å². The number of halogens is 2. The summed E-state index contributed by atoms with van der Waals surface area (Å²) in [5.74, 6) is 4.36. The summed E-state index contributed by atoms with van der Waals surface area (Å²) in [5.41, 5.74) is 1.57. The van der Waals surface area contributed by atoms with Crippen LogP contribution >= 0.6 is 20.1 Å². The van der Waals surface area contributed by atoms with Crippen molar-refractivity contribution in [1.29, 1.82) is 0 Å². The fourth-order valence-electron chi connectivity index (χ4n) is 5.94. The Balaban J connectivity index is 0.000000570. The number of hydrogen-bond acceptors (Lipinski definition) is 0. The first kappa shape index (κ1) is 22.6. The van der Waals surface area contributed by atoms with E-state index < -0.39 is 0 Å². The number of fused-ring (bicyclic) bond motifs is 1. The zero-order valence-corrected chi connectivity index (χ0v) is 18.9. The standard InChI is InChI=1S/C21H30N.CH3.2ClH.Cr/c1-15-18(16-7-3-2-4-8-16)12-13-19(15)20-11-5-9-17-10-6-14-22-21(17)20;;;;/h2-4,7-8,15,17-21H,5-6,9-14H2,1H3;1H3;2*1H;/q2*-1;;;+2/p-2. The second-order valence-corrected chi connectivity index (χ2v) is 10.2. The van der Waals surface area contributed by atoms with Gasteiger partial charge in [-0.25, -0.2) is 0 Å². The molecule has 148 valence electrons. The van der Waals surface area contributed by atoms with Gasteiger partial charge in [-0.1, -0.05) is 81.2 Å². The van der Waals surface area contributed by atoms with Crippen LogP contribution in [0.3, 0.4) is 0 Å². The summed E-state index contributed by atoms with van der Waals surface area (Å²) < 4.78 is 0. The molecule has 0 aromatic heterocycles. The molecular formula is C22H33Cl2CrN-2. The van der Waals surface area contributed by atoms with Gasteiger partial charge in [-0.2, -0.15) is 0 Å². The van der Waals surface area contributed by atoms with E-state index in [1.165, 1.54) is 44.9 Å². The van der Waals surface area contributed by atoms with Crippen molar-refractivity contribution in [3.05, 3.63) is 48.6 Å². The van der Waals surface area contributed by atoms with Crippen LogP contribution in [0.25, 0.3) is 5.32 Å². The summed E-state index contributed by atoms with van der Waals surface area (Å²) in [4.78, 5) is 0. The van der Waals surface area contributed by atoms with Crippen molar-refractivity contribution in [3.63, 3.8) is 0 Å². The fraction of sp³-hybridized carbons (Fsp3) is 0.682. The van der Waals surface area contributed by atoms with E-state index in [2.05, 4.69) is 37.3 Å². The topological polar surface area (TPSA) is 14.1 Å². The average Bonchev–Trinajstić information content (AvgIpc) is 3.04. The van der Waals surface area contributed by atoms with Gasteiger partial charge in [0.1, 0.15) is 0 Å². The third-order valence-corrected chi connectivity index (χ3v) is 7.01. The zero-order chi connectivity index (χ0) is 17.6. The van der Waals surface area contributed by atoms with Gasteiger partial charge in [0.2, 0.25) is 0 Å². The van der Waals surface area contributed by atoms with E-state index in [1.807, 2.05) is 0 Å². The number of benzene rings is 1. The summed E-state index contributed by atoms with van der Waals surface area (Å²) in [6.45, 7) is 3.67. The Morgan fingerprint density at radius 1 is 0.923 bits per heavy atom. The van der Waals surface area contributed by atoms with Crippen molar-refractivity contribution < 1.29 is 13.4 Å². The molecule has 0 radical (unpaired) electrons. The van der Waals surface area contributed by atoms with Gasteiger partial charge in [-0.15, -0.1) is 12.6 Å². The molecule has 26 heavy (non-hydrogen) atoms. The number of rotatable bonds is 2. The summed E-state index contributed by atoms with van der Waals surface area (Å²) >= 11 is -0.181. The number of nitrogens with zero attached hydrogens (tertiary/aromatic N) is 1. The first-order valence-electron chi connectivity index (χ1n) is 9.87. The fourth-order valence-corrected chi connectivity index (χ4v) is 5.94. The van der Waals surface area contributed by atoms with E-state index in [1.54, 1.807) is 5.56 Å². The molecule has 3 aliphatic rings. The van der Waals surface area contributed by atoms with Gasteiger partial charge in [0.05, 0.1) is 0 Å². The van der Waals surface area contributed by atoms with Gasteiger partial charge in [0.15, 0.2) is 0 Å². The zero-order valence-electron chi connectivity index (χ0n) is 16.1. The predicted molar refractivity (Wildman–Crippen MR) is 111 cm³/mol. The van der Waals surface area contributed by atoms with Crippen molar-refractivity contribution in [1.82, 2.24) is 0 Å². The molecule has 4 heteroatoms. The molecule has 0 spiro atoms. The van der Waals surface area contributed by atoms with Crippen molar-refractivity contribution >= 4 is 20.1 Å². The molecule has 1 aromatic rings. The molecule has 1 heterocycles. The van der Waals surface area contributed by atoms with Crippen LogP contribution in [0, 0.1) is 31.1 Å². The summed E-state index contributed by atoms with van der Waals surface area (Å²) in [7, 11) is 9.65. The van der Waals surface area contributed by atoms with Gasteiger partial charge >= 0.3 is 33.5 Å². The van der Waals surface area contributed by atoms with E-state index in [9.17, 15) is 0 Å². The molecule has 1 saturated heterocycles.